The van der Waals surface area contributed by atoms with Crippen molar-refractivity contribution < 1.29 is 5.11 Å². The summed E-state index contributed by atoms with van der Waals surface area (Å²) < 4.78 is 0. The van der Waals surface area contributed by atoms with Crippen molar-refractivity contribution in [2.75, 3.05) is 19.6 Å². The molecular formula is C18H36N2O. The van der Waals surface area contributed by atoms with E-state index in [0.29, 0.717) is 17.6 Å². The van der Waals surface area contributed by atoms with Crippen LogP contribution in [0.25, 0.3) is 0 Å². The number of likely N-dealkylation sites (tertiary alicyclic amines) is 2. The molecule has 124 valence electrons. The molecule has 3 atom stereocenters. The van der Waals surface area contributed by atoms with Gasteiger partial charge in [-0.25, -0.2) is 0 Å². The molecule has 0 spiro atoms. The van der Waals surface area contributed by atoms with Crippen LogP contribution >= 0.6 is 0 Å². The highest BCUT2D eigenvalue weighted by molar-refractivity contribution is 4.88. The van der Waals surface area contributed by atoms with Gasteiger partial charge in [0, 0.05) is 30.7 Å². The molecule has 2 heterocycles. The van der Waals surface area contributed by atoms with Crippen LogP contribution in [0.2, 0.25) is 0 Å². The van der Waals surface area contributed by atoms with Gasteiger partial charge >= 0.3 is 0 Å². The van der Waals surface area contributed by atoms with Gasteiger partial charge in [0.2, 0.25) is 0 Å². The molecule has 0 radical (unpaired) electrons. The van der Waals surface area contributed by atoms with Gasteiger partial charge in [0.15, 0.2) is 0 Å². The lowest BCUT2D eigenvalue weighted by Crippen LogP contribution is -2.51. The Labute approximate surface area is 131 Å². The molecule has 2 aliphatic rings. The van der Waals surface area contributed by atoms with E-state index in [1.807, 2.05) is 0 Å². The minimum absolute atomic E-state index is 0.0523. The number of nitrogens with zero attached hydrogens (tertiary/aromatic N) is 2. The van der Waals surface area contributed by atoms with Gasteiger partial charge in [0.05, 0.1) is 6.10 Å². The minimum atomic E-state index is -0.0523. The van der Waals surface area contributed by atoms with Crippen LogP contribution in [0.4, 0.5) is 0 Å². The third-order valence-electron chi connectivity index (χ3n) is 5.64. The number of aliphatic hydroxyl groups excluding tert-OH is 1. The Morgan fingerprint density at radius 2 is 1.71 bits per heavy atom. The van der Waals surface area contributed by atoms with Crippen molar-refractivity contribution in [3.05, 3.63) is 0 Å². The zero-order valence-electron chi connectivity index (χ0n) is 14.8. The van der Waals surface area contributed by atoms with Crippen LogP contribution in [0.3, 0.4) is 0 Å². The van der Waals surface area contributed by atoms with Gasteiger partial charge in [-0.3, -0.25) is 4.90 Å². The first-order chi connectivity index (χ1) is 9.77. The zero-order valence-corrected chi connectivity index (χ0v) is 14.8. The predicted octanol–water partition coefficient (Wildman–Crippen LogP) is 3.12. The molecule has 0 bridgehead atoms. The van der Waals surface area contributed by atoms with E-state index in [9.17, 15) is 5.11 Å². The average molecular weight is 296 g/mol. The monoisotopic (exact) mass is 296 g/mol. The molecule has 2 rings (SSSR count). The van der Waals surface area contributed by atoms with Crippen molar-refractivity contribution in [1.82, 2.24) is 9.80 Å². The lowest BCUT2D eigenvalue weighted by Gasteiger charge is -2.46. The summed E-state index contributed by atoms with van der Waals surface area (Å²) in [7, 11) is 0. The second-order valence-corrected chi connectivity index (χ2v) is 8.46. The molecule has 2 aliphatic heterocycles. The van der Waals surface area contributed by atoms with Crippen LogP contribution < -0.4 is 0 Å². The Bertz CT molecular complexity index is 318. The van der Waals surface area contributed by atoms with Crippen molar-refractivity contribution >= 4 is 0 Å². The molecule has 0 aliphatic carbocycles. The molecule has 0 amide bonds. The van der Waals surface area contributed by atoms with Gasteiger partial charge in [-0.2, -0.15) is 0 Å². The normalized spacial score (nSPS) is 32.3. The molecule has 3 nitrogen and oxygen atoms in total. The third kappa shape index (κ3) is 4.67. The van der Waals surface area contributed by atoms with E-state index in [2.05, 4.69) is 44.4 Å². The quantitative estimate of drug-likeness (QED) is 0.867. The molecule has 1 N–H and O–H groups in total. The Kier molecular flexibility index (Phi) is 5.72. The smallest absolute Gasteiger partial charge is 0.0564 e. The van der Waals surface area contributed by atoms with Crippen molar-refractivity contribution in [2.45, 2.75) is 90.4 Å². The summed E-state index contributed by atoms with van der Waals surface area (Å²) in [5.41, 5.74) is 0.305. The first kappa shape index (κ1) is 17.2. The fraction of sp³-hybridized carbons (Fsp3) is 1.00. The van der Waals surface area contributed by atoms with Crippen LogP contribution in [0.5, 0.6) is 0 Å². The average Bonchev–Trinajstić information content (AvgIpc) is 2.37. The van der Waals surface area contributed by atoms with Gasteiger partial charge < -0.3 is 10.0 Å². The van der Waals surface area contributed by atoms with Crippen LogP contribution in [0, 0.1) is 5.92 Å². The molecule has 3 heteroatoms. The van der Waals surface area contributed by atoms with E-state index in [0.717, 1.165) is 31.8 Å². The zero-order chi connectivity index (χ0) is 15.6. The maximum Gasteiger partial charge on any atom is 0.0564 e. The van der Waals surface area contributed by atoms with Gasteiger partial charge in [-0.1, -0.05) is 0 Å². The summed E-state index contributed by atoms with van der Waals surface area (Å²) in [6, 6.07) is 1.38. The summed E-state index contributed by atoms with van der Waals surface area (Å²) in [6.07, 6.45) is 5.90. The minimum Gasteiger partial charge on any atom is -0.393 e. The number of rotatable bonds is 3. The summed E-state index contributed by atoms with van der Waals surface area (Å²) in [5.74, 6) is 0.875. The largest absolute Gasteiger partial charge is 0.393 e. The maximum atomic E-state index is 9.64. The first-order valence-electron chi connectivity index (χ1n) is 8.96. The van der Waals surface area contributed by atoms with E-state index in [4.69, 9.17) is 0 Å². The van der Waals surface area contributed by atoms with Gasteiger partial charge in [0.1, 0.15) is 0 Å². The topological polar surface area (TPSA) is 26.7 Å². The first-order valence-corrected chi connectivity index (χ1v) is 8.96. The van der Waals surface area contributed by atoms with Crippen molar-refractivity contribution in [1.29, 1.82) is 0 Å². The Morgan fingerprint density at radius 3 is 2.24 bits per heavy atom. The third-order valence-corrected chi connectivity index (χ3v) is 5.64. The number of piperidine rings is 2. The summed E-state index contributed by atoms with van der Waals surface area (Å²) in [6.45, 7) is 15.2. The van der Waals surface area contributed by atoms with E-state index in [-0.39, 0.29) is 6.10 Å². The molecule has 0 aromatic carbocycles. The van der Waals surface area contributed by atoms with Crippen molar-refractivity contribution in [2.24, 2.45) is 5.92 Å². The molecule has 21 heavy (non-hydrogen) atoms. The summed E-state index contributed by atoms with van der Waals surface area (Å²) in [5, 5.41) is 9.64. The fourth-order valence-corrected chi connectivity index (χ4v) is 4.44. The second-order valence-electron chi connectivity index (χ2n) is 8.46. The van der Waals surface area contributed by atoms with Gasteiger partial charge in [0.25, 0.3) is 0 Å². The highest BCUT2D eigenvalue weighted by Gasteiger charge is 2.33. The number of aliphatic hydroxyl groups is 1. The molecule has 0 aromatic heterocycles. The van der Waals surface area contributed by atoms with Gasteiger partial charge in [-0.15, -0.1) is 0 Å². The highest BCUT2D eigenvalue weighted by Crippen LogP contribution is 2.32. The molecule has 2 saturated heterocycles. The van der Waals surface area contributed by atoms with Crippen molar-refractivity contribution in [3.63, 3.8) is 0 Å². The second kappa shape index (κ2) is 6.97. The van der Waals surface area contributed by atoms with Crippen LogP contribution in [0.1, 0.15) is 66.7 Å². The Morgan fingerprint density at radius 1 is 1.10 bits per heavy atom. The van der Waals surface area contributed by atoms with Crippen LogP contribution in [0.15, 0.2) is 0 Å². The predicted molar refractivity (Wildman–Crippen MR) is 89.5 cm³/mol. The van der Waals surface area contributed by atoms with E-state index in [1.54, 1.807) is 0 Å². The standard InChI is InChI=1S/C18H36N2O/c1-14(19-9-7-17(21)8-10-19)12-16-6-11-20(15(2)13-16)18(3,4)5/h14-17,21H,6-13H2,1-5H3. The molecule has 0 saturated carbocycles. The van der Waals surface area contributed by atoms with Crippen LogP contribution in [-0.4, -0.2) is 58.3 Å². The SMILES string of the molecule is CC(CC1CCN(C(C)(C)C)C(C)C1)N1CCC(O)CC1. The van der Waals surface area contributed by atoms with E-state index < -0.39 is 0 Å². The molecular weight excluding hydrogens is 260 g/mol. The maximum absolute atomic E-state index is 9.64. The number of hydrogen-bond acceptors (Lipinski definition) is 3. The van der Waals surface area contributed by atoms with E-state index in [1.165, 1.54) is 25.8 Å². The fourth-order valence-electron chi connectivity index (χ4n) is 4.44. The van der Waals surface area contributed by atoms with E-state index >= 15 is 0 Å². The summed E-state index contributed by atoms with van der Waals surface area (Å²) >= 11 is 0. The lowest BCUT2D eigenvalue weighted by molar-refractivity contribution is 0.0223. The Hall–Kier alpha value is -0.120. The number of hydrogen-bond donors (Lipinski definition) is 1. The molecule has 3 unspecified atom stereocenters. The Balaban J connectivity index is 1.79. The molecule has 2 fully saturated rings. The molecule has 0 aromatic rings. The van der Waals surface area contributed by atoms with Gasteiger partial charge in [-0.05, 0) is 79.2 Å². The highest BCUT2D eigenvalue weighted by atomic mass is 16.3. The van der Waals surface area contributed by atoms with Crippen molar-refractivity contribution in [3.8, 4) is 0 Å². The summed E-state index contributed by atoms with van der Waals surface area (Å²) in [4.78, 5) is 5.26. The lowest BCUT2D eigenvalue weighted by atomic mass is 9.84. The van der Waals surface area contributed by atoms with Crippen LogP contribution in [-0.2, 0) is 0 Å².